The fraction of sp³-hybridized carbons (Fsp3) is 0.200. The van der Waals surface area contributed by atoms with Crippen LogP contribution in [0, 0.1) is 3.57 Å². The van der Waals surface area contributed by atoms with E-state index in [-0.39, 0.29) is 6.61 Å². The molecule has 1 aromatic heterocycles. The summed E-state index contributed by atoms with van der Waals surface area (Å²) in [7, 11) is 1.67. The fourth-order valence-electron chi connectivity index (χ4n) is 1.36. The van der Waals surface area contributed by atoms with Crippen LogP contribution in [0.25, 0.3) is 10.1 Å². The molecule has 0 atom stereocenters. The van der Waals surface area contributed by atoms with Crippen LogP contribution in [0.4, 0.5) is 0 Å². The van der Waals surface area contributed by atoms with Gasteiger partial charge >= 0.3 is 0 Å². The lowest BCUT2D eigenvalue weighted by Crippen LogP contribution is -1.82. The van der Waals surface area contributed by atoms with Gasteiger partial charge in [0.1, 0.15) is 5.75 Å². The SMILES string of the molecule is COc1ccc(I)c2cc(CO)sc12. The van der Waals surface area contributed by atoms with Gasteiger partial charge in [-0.1, -0.05) is 0 Å². The molecular formula is C10H9IO2S. The van der Waals surface area contributed by atoms with Crippen molar-refractivity contribution in [3.8, 4) is 5.75 Å². The Hall–Kier alpha value is -0.330. The lowest BCUT2D eigenvalue weighted by Gasteiger charge is -2.01. The maximum absolute atomic E-state index is 9.06. The molecule has 0 amide bonds. The van der Waals surface area contributed by atoms with Crippen molar-refractivity contribution in [3.63, 3.8) is 0 Å². The minimum Gasteiger partial charge on any atom is -0.495 e. The third kappa shape index (κ3) is 1.62. The van der Waals surface area contributed by atoms with Gasteiger partial charge in [-0.25, -0.2) is 0 Å². The van der Waals surface area contributed by atoms with E-state index in [0.29, 0.717) is 0 Å². The molecule has 0 bridgehead atoms. The van der Waals surface area contributed by atoms with E-state index in [4.69, 9.17) is 9.84 Å². The highest BCUT2D eigenvalue weighted by atomic mass is 127. The second kappa shape index (κ2) is 4.04. The lowest BCUT2D eigenvalue weighted by molar-refractivity contribution is 0.285. The zero-order valence-corrected chi connectivity index (χ0v) is 10.6. The average molecular weight is 320 g/mol. The number of fused-ring (bicyclic) bond motifs is 1. The quantitative estimate of drug-likeness (QED) is 0.862. The highest BCUT2D eigenvalue weighted by Crippen LogP contribution is 2.36. The van der Waals surface area contributed by atoms with Crippen molar-refractivity contribution in [1.82, 2.24) is 0 Å². The Morgan fingerprint density at radius 3 is 2.93 bits per heavy atom. The molecule has 0 aliphatic heterocycles. The van der Waals surface area contributed by atoms with Gasteiger partial charge in [0.05, 0.1) is 18.4 Å². The first-order chi connectivity index (χ1) is 6.76. The third-order valence-corrected chi connectivity index (χ3v) is 4.10. The normalized spacial score (nSPS) is 10.8. The highest BCUT2D eigenvalue weighted by Gasteiger charge is 2.08. The summed E-state index contributed by atoms with van der Waals surface area (Å²) in [6.07, 6.45) is 0. The van der Waals surface area contributed by atoms with Gasteiger partial charge in [0, 0.05) is 13.8 Å². The number of aliphatic hydroxyl groups excluding tert-OH is 1. The van der Waals surface area contributed by atoms with Gasteiger partial charge in [-0.2, -0.15) is 0 Å². The minimum absolute atomic E-state index is 0.0958. The summed E-state index contributed by atoms with van der Waals surface area (Å²) in [4.78, 5) is 0.974. The van der Waals surface area contributed by atoms with Crippen molar-refractivity contribution in [2.24, 2.45) is 0 Å². The molecule has 2 aromatic rings. The number of hydrogen-bond donors (Lipinski definition) is 1. The number of rotatable bonds is 2. The zero-order valence-electron chi connectivity index (χ0n) is 7.58. The summed E-state index contributed by atoms with van der Waals surface area (Å²) in [5, 5.41) is 10.2. The van der Waals surface area contributed by atoms with E-state index in [9.17, 15) is 0 Å². The predicted molar refractivity (Wildman–Crippen MR) is 67.0 cm³/mol. The first-order valence-corrected chi connectivity index (χ1v) is 6.01. The van der Waals surface area contributed by atoms with E-state index in [0.717, 1.165) is 15.3 Å². The number of halogens is 1. The van der Waals surface area contributed by atoms with Crippen molar-refractivity contribution in [2.75, 3.05) is 7.11 Å². The highest BCUT2D eigenvalue weighted by molar-refractivity contribution is 14.1. The van der Waals surface area contributed by atoms with Crippen LogP contribution in [0.3, 0.4) is 0 Å². The van der Waals surface area contributed by atoms with Gasteiger partial charge in [-0.15, -0.1) is 11.3 Å². The summed E-state index contributed by atoms with van der Waals surface area (Å²) in [6.45, 7) is 0.0958. The number of aliphatic hydroxyl groups is 1. The van der Waals surface area contributed by atoms with Crippen molar-refractivity contribution in [3.05, 3.63) is 26.6 Å². The Kier molecular flexibility index (Phi) is 2.94. The first kappa shape index (κ1) is 10.2. The molecule has 0 saturated heterocycles. The monoisotopic (exact) mass is 320 g/mol. The van der Waals surface area contributed by atoms with Crippen LogP contribution < -0.4 is 4.74 Å². The van der Waals surface area contributed by atoms with E-state index in [1.807, 2.05) is 18.2 Å². The summed E-state index contributed by atoms with van der Waals surface area (Å²) >= 11 is 3.87. The second-order valence-electron chi connectivity index (χ2n) is 2.86. The van der Waals surface area contributed by atoms with Crippen LogP contribution in [0.15, 0.2) is 18.2 Å². The largest absolute Gasteiger partial charge is 0.495 e. The van der Waals surface area contributed by atoms with Gasteiger partial charge in [-0.3, -0.25) is 0 Å². The Labute approximate surface area is 99.7 Å². The smallest absolute Gasteiger partial charge is 0.136 e. The lowest BCUT2D eigenvalue weighted by atomic mass is 10.2. The van der Waals surface area contributed by atoms with Crippen LogP contribution in [0.5, 0.6) is 5.75 Å². The van der Waals surface area contributed by atoms with Crippen LogP contribution in [-0.2, 0) is 6.61 Å². The van der Waals surface area contributed by atoms with E-state index in [1.165, 1.54) is 8.96 Å². The summed E-state index contributed by atoms with van der Waals surface area (Å²) < 4.78 is 7.57. The zero-order chi connectivity index (χ0) is 10.1. The molecule has 0 saturated carbocycles. The third-order valence-electron chi connectivity index (χ3n) is 2.02. The van der Waals surface area contributed by atoms with E-state index in [1.54, 1.807) is 18.4 Å². The van der Waals surface area contributed by atoms with Gasteiger partial charge in [0.25, 0.3) is 0 Å². The van der Waals surface area contributed by atoms with Gasteiger partial charge in [0.2, 0.25) is 0 Å². The van der Waals surface area contributed by atoms with Crippen LogP contribution in [-0.4, -0.2) is 12.2 Å². The van der Waals surface area contributed by atoms with Gasteiger partial charge in [0.15, 0.2) is 0 Å². The predicted octanol–water partition coefficient (Wildman–Crippen LogP) is 3.01. The maximum Gasteiger partial charge on any atom is 0.136 e. The number of benzene rings is 1. The van der Waals surface area contributed by atoms with Crippen molar-refractivity contribution in [1.29, 1.82) is 0 Å². The van der Waals surface area contributed by atoms with Crippen LogP contribution in [0.2, 0.25) is 0 Å². The number of methoxy groups -OCH3 is 1. The molecule has 1 aromatic carbocycles. The summed E-state index contributed by atoms with van der Waals surface area (Å²) in [5.74, 6) is 0.880. The maximum atomic E-state index is 9.06. The standard InChI is InChI=1S/C10H9IO2S/c1-13-9-3-2-8(11)7-4-6(5-12)14-10(7)9/h2-4,12H,5H2,1H3. The van der Waals surface area contributed by atoms with Crippen molar-refractivity contribution < 1.29 is 9.84 Å². The Bertz CT molecular complexity index is 464. The van der Waals surface area contributed by atoms with E-state index >= 15 is 0 Å². The molecule has 0 radical (unpaired) electrons. The first-order valence-electron chi connectivity index (χ1n) is 4.12. The van der Waals surface area contributed by atoms with E-state index < -0.39 is 0 Å². The topological polar surface area (TPSA) is 29.5 Å². The molecule has 0 fully saturated rings. The molecule has 1 N–H and O–H groups in total. The molecule has 14 heavy (non-hydrogen) atoms. The van der Waals surface area contributed by atoms with Crippen molar-refractivity contribution in [2.45, 2.75) is 6.61 Å². The Morgan fingerprint density at radius 1 is 1.50 bits per heavy atom. The minimum atomic E-state index is 0.0958. The fourth-order valence-corrected chi connectivity index (χ4v) is 3.18. The van der Waals surface area contributed by atoms with Gasteiger partial charge in [-0.05, 0) is 40.8 Å². The Balaban J connectivity index is 2.74. The molecule has 4 heteroatoms. The van der Waals surface area contributed by atoms with Gasteiger partial charge < -0.3 is 9.84 Å². The molecule has 2 nitrogen and oxygen atoms in total. The number of hydrogen-bond acceptors (Lipinski definition) is 3. The number of thiophene rings is 1. The molecule has 2 rings (SSSR count). The summed E-state index contributed by atoms with van der Waals surface area (Å²) in [6, 6.07) is 6.00. The second-order valence-corrected chi connectivity index (χ2v) is 5.16. The van der Waals surface area contributed by atoms with Crippen molar-refractivity contribution >= 4 is 44.0 Å². The molecule has 74 valence electrons. The number of ether oxygens (including phenoxy) is 1. The molecule has 0 spiro atoms. The van der Waals surface area contributed by atoms with Crippen LogP contribution >= 0.6 is 33.9 Å². The van der Waals surface area contributed by atoms with Crippen LogP contribution in [0.1, 0.15) is 4.88 Å². The van der Waals surface area contributed by atoms with E-state index in [2.05, 4.69) is 22.6 Å². The summed E-state index contributed by atoms with van der Waals surface area (Å²) in [5.41, 5.74) is 0. The molecular weight excluding hydrogens is 311 g/mol. The Morgan fingerprint density at radius 2 is 2.29 bits per heavy atom. The molecule has 1 heterocycles. The molecule has 0 aliphatic carbocycles. The average Bonchev–Trinajstić information content (AvgIpc) is 2.63. The molecule has 0 unspecified atom stereocenters. The molecule has 0 aliphatic rings.